The highest BCUT2D eigenvalue weighted by Crippen LogP contribution is 2.31. The van der Waals surface area contributed by atoms with E-state index >= 15 is 0 Å². The first kappa shape index (κ1) is 15.7. The molecule has 2 aliphatic rings. The number of carbonyl (C=O) groups excluding carboxylic acids is 3. The number of imidazole rings is 1. The fraction of sp³-hybridized carbons (Fsp3) is 0.200. The van der Waals surface area contributed by atoms with Crippen molar-refractivity contribution in [3.63, 3.8) is 0 Å². The van der Waals surface area contributed by atoms with Gasteiger partial charge in [0.1, 0.15) is 11.9 Å². The molecule has 1 aromatic heterocycles. The van der Waals surface area contributed by atoms with Gasteiger partial charge in [-0.3, -0.25) is 19.7 Å². The predicted octanol–water partition coefficient (Wildman–Crippen LogP) is 1.99. The molecule has 1 saturated heterocycles. The van der Waals surface area contributed by atoms with Crippen molar-refractivity contribution in [1.82, 2.24) is 20.2 Å². The maximum atomic E-state index is 12.7. The Kier molecular flexibility index (Phi) is 3.36. The Hall–Kier alpha value is -3.48. The van der Waals surface area contributed by atoms with E-state index < -0.39 is 11.9 Å². The molecule has 2 N–H and O–H groups in total. The molecule has 7 heteroatoms. The van der Waals surface area contributed by atoms with Crippen molar-refractivity contribution in [1.29, 1.82) is 0 Å². The molecule has 27 heavy (non-hydrogen) atoms. The van der Waals surface area contributed by atoms with Crippen molar-refractivity contribution in [3.05, 3.63) is 53.6 Å². The standard InChI is InChI=1S/C20H16N4O3/c25-17-8-7-16(19(26)23-17)24-10-12-9-11(5-6-13(12)20(24)27)18-21-14-3-1-2-4-15(14)22-18/h1-6,9,16H,7-8,10H2,(H,21,22)(H,23,25,26). The van der Waals surface area contributed by atoms with Gasteiger partial charge in [-0.15, -0.1) is 0 Å². The lowest BCUT2D eigenvalue weighted by atomic mass is 10.0. The summed E-state index contributed by atoms with van der Waals surface area (Å²) in [5, 5.41) is 2.32. The quantitative estimate of drug-likeness (QED) is 0.683. The summed E-state index contributed by atoms with van der Waals surface area (Å²) in [6.45, 7) is 0.356. The monoisotopic (exact) mass is 360 g/mol. The largest absolute Gasteiger partial charge is 0.338 e. The Balaban J connectivity index is 1.47. The zero-order valence-corrected chi connectivity index (χ0v) is 14.4. The minimum absolute atomic E-state index is 0.171. The van der Waals surface area contributed by atoms with Crippen molar-refractivity contribution in [2.24, 2.45) is 0 Å². The van der Waals surface area contributed by atoms with Crippen LogP contribution >= 0.6 is 0 Å². The molecule has 3 heterocycles. The number of hydrogen-bond acceptors (Lipinski definition) is 4. The number of para-hydroxylation sites is 2. The minimum atomic E-state index is -0.600. The molecule has 0 saturated carbocycles. The van der Waals surface area contributed by atoms with Crippen LogP contribution in [0.25, 0.3) is 22.4 Å². The SMILES string of the molecule is O=C1CCC(N2Cc3cc(-c4nc5ccccc5[nH]4)ccc3C2=O)C(=O)N1. The molecule has 0 aliphatic carbocycles. The van der Waals surface area contributed by atoms with Gasteiger partial charge in [0.15, 0.2) is 0 Å². The summed E-state index contributed by atoms with van der Waals surface area (Å²) in [5.74, 6) is -0.112. The van der Waals surface area contributed by atoms with Gasteiger partial charge in [-0.25, -0.2) is 4.98 Å². The Bertz CT molecular complexity index is 1080. The summed E-state index contributed by atoms with van der Waals surface area (Å²) in [6.07, 6.45) is 0.613. The molecule has 1 fully saturated rings. The van der Waals surface area contributed by atoms with Gasteiger partial charge in [-0.1, -0.05) is 18.2 Å². The number of carbonyl (C=O) groups is 3. The second-order valence-corrected chi connectivity index (χ2v) is 6.87. The zero-order chi connectivity index (χ0) is 18.5. The van der Waals surface area contributed by atoms with Crippen LogP contribution in [0.5, 0.6) is 0 Å². The number of aromatic amines is 1. The van der Waals surface area contributed by atoms with Crippen LogP contribution in [0.3, 0.4) is 0 Å². The highest BCUT2D eigenvalue weighted by atomic mass is 16.2. The second-order valence-electron chi connectivity index (χ2n) is 6.87. The third kappa shape index (κ3) is 2.51. The van der Waals surface area contributed by atoms with E-state index in [0.29, 0.717) is 18.5 Å². The fourth-order valence-corrected chi connectivity index (χ4v) is 3.81. The van der Waals surface area contributed by atoms with E-state index in [2.05, 4.69) is 15.3 Å². The number of piperidine rings is 1. The van der Waals surface area contributed by atoms with Gasteiger partial charge in [0.05, 0.1) is 11.0 Å². The van der Waals surface area contributed by atoms with Crippen LogP contribution in [0.1, 0.15) is 28.8 Å². The molecule has 1 unspecified atom stereocenters. The van der Waals surface area contributed by atoms with Crippen LogP contribution in [0.2, 0.25) is 0 Å². The van der Waals surface area contributed by atoms with Gasteiger partial charge in [0.2, 0.25) is 11.8 Å². The third-order valence-corrected chi connectivity index (χ3v) is 5.19. The van der Waals surface area contributed by atoms with Crippen molar-refractivity contribution in [3.8, 4) is 11.4 Å². The van der Waals surface area contributed by atoms with E-state index in [1.54, 1.807) is 11.0 Å². The highest BCUT2D eigenvalue weighted by molar-refractivity contribution is 6.05. The van der Waals surface area contributed by atoms with Gasteiger partial charge in [0.25, 0.3) is 5.91 Å². The summed E-state index contributed by atoms with van der Waals surface area (Å²) in [4.78, 5) is 45.7. The first-order valence-corrected chi connectivity index (χ1v) is 8.83. The van der Waals surface area contributed by atoms with Crippen molar-refractivity contribution < 1.29 is 14.4 Å². The molecule has 2 aliphatic heterocycles. The highest BCUT2D eigenvalue weighted by Gasteiger charge is 2.39. The molecule has 5 rings (SSSR count). The van der Waals surface area contributed by atoms with Gasteiger partial charge < -0.3 is 9.88 Å². The number of aromatic nitrogens is 2. The fourth-order valence-electron chi connectivity index (χ4n) is 3.81. The van der Waals surface area contributed by atoms with Crippen LogP contribution in [0, 0.1) is 0 Å². The normalized spacial score (nSPS) is 19.5. The summed E-state index contributed by atoms with van der Waals surface area (Å²) in [6, 6.07) is 12.8. The third-order valence-electron chi connectivity index (χ3n) is 5.19. The summed E-state index contributed by atoms with van der Waals surface area (Å²) >= 11 is 0. The number of hydrogen-bond donors (Lipinski definition) is 2. The van der Waals surface area contributed by atoms with Crippen LogP contribution in [0.15, 0.2) is 42.5 Å². The molecule has 2 aromatic carbocycles. The van der Waals surface area contributed by atoms with E-state index in [1.165, 1.54) is 0 Å². The molecule has 0 radical (unpaired) electrons. The molecule has 1 atom stereocenters. The first-order valence-electron chi connectivity index (χ1n) is 8.83. The van der Waals surface area contributed by atoms with Gasteiger partial charge >= 0.3 is 0 Å². The van der Waals surface area contributed by atoms with E-state index in [1.807, 2.05) is 36.4 Å². The average Bonchev–Trinajstić information content (AvgIpc) is 3.23. The average molecular weight is 360 g/mol. The number of nitrogens with zero attached hydrogens (tertiary/aromatic N) is 2. The molecule has 0 spiro atoms. The lowest BCUT2D eigenvalue weighted by molar-refractivity contribution is -0.136. The topological polar surface area (TPSA) is 95.2 Å². The van der Waals surface area contributed by atoms with Crippen molar-refractivity contribution in [2.75, 3.05) is 0 Å². The molecule has 3 amide bonds. The van der Waals surface area contributed by atoms with Crippen molar-refractivity contribution >= 4 is 28.8 Å². The summed E-state index contributed by atoms with van der Waals surface area (Å²) in [5.41, 5.74) is 4.19. The Morgan fingerprint density at radius 1 is 1.07 bits per heavy atom. The lowest BCUT2D eigenvalue weighted by Crippen LogP contribution is -2.52. The maximum absolute atomic E-state index is 12.7. The van der Waals surface area contributed by atoms with E-state index in [0.717, 1.165) is 28.0 Å². The van der Waals surface area contributed by atoms with E-state index in [9.17, 15) is 14.4 Å². The van der Waals surface area contributed by atoms with Crippen molar-refractivity contribution in [2.45, 2.75) is 25.4 Å². The number of H-pyrrole nitrogens is 1. The number of fused-ring (bicyclic) bond motifs is 2. The molecule has 0 bridgehead atoms. The Morgan fingerprint density at radius 2 is 1.93 bits per heavy atom. The molecular formula is C20H16N4O3. The summed E-state index contributed by atoms with van der Waals surface area (Å²) < 4.78 is 0. The molecule has 134 valence electrons. The maximum Gasteiger partial charge on any atom is 0.255 e. The van der Waals surface area contributed by atoms with Crippen LogP contribution in [0.4, 0.5) is 0 Å². The van der Waals surface area contributed by atoms with Crippen LogP contribution < -0.4 is 5.32 Å². The van der Waals surface area contributed by atoms with Crippen LogP contribution in [-0.2, 0) is 16.1 Å². The van der Waals surface area contributed by atoms with Gasteiger partial charge in [-0.05, 0) is 36.2 Å². The molecular weight excluding hydrogens is 344 g/mol. The number of nitrogens with one attached hydrogen (secondary N) is 2. The number of rotatable bonds is 2. The minimum Gasteiger partial charge on any atom is -0.338 e. The lowest BCUT2D eigenvalue weighted by Gasteiger charge is -2.29. The second kappa shape index (κ2) is 5.77. The smallest absolute Gasteiger partial charge is 0.255 e. The zero-order valence-electron chi connectivity index (χ0n) is 14.4. The molecule has 7 nitrogen and oxygen atoms in total. The molecule has 3 aromatic rings. The Morgan fingerprint density at radius 3 is 2.74 bits per heavy atom. The van der Waals surface area contributed by atoms with Gasteiger partial charge in [-0.2, -0.15) is 0 Å². The predicted molar refractivity (Wildman–Crippen MR) is 97.6 cm³/mol. The van der Waals surface area contributed by atoms with Gasteiger partial charge in [0, 0.05) is 24.1 Å². The number of amides is 3. The number of benzene rings is 2. The summed E-state index contributed by atoms with van der Waals surface area (Å²) in [7, 11) is 0. The Labute approximate surface area is 154 Å². The van der Waals surface area contributed by atoms with E-state index in [-0.39, 0.29) is 18.2 Å². The number of imide groups is 1. The first-order chi connectivity index (χ1) is 13.1. The van der Waals surface area contributed by atoms with Crippen LogP contribution in [-0.4, -0.2) is 38.6 Å². The van der Waals surface area contributed by atoms with E-state index in [4.69, 9.17) is 0 Å².